The van der Waals surface area contributed by atoms with Crippen LogP contribution in [0.4, 0.5) is 4.79 Å². The van der Waals surface area contributed by atoms with E-state index in [1.165, 1.54) is 0 Å². The third kappa shape index (κ3) is 4.88. The predicted octanol–water partition coefficient (Wildman–Crippen LogP) is 2.06. The Labute approximate surface area is 131 Å². The molecule has 126 valence electrons. The third-order valence-electron chi connectivity index (χ3n) is 3.72. The summed E-state index contributed by atoms with van der Waals surface area (Å²) in [5.41, 5.74) is -1.79. The van der Waals surface area contributed by atoms with Gasteiger partial charge in [0.1, 0.15) is 11.6 Å². The average Bonchev–Trinajstić information content (AvgIpc) is 2.42. The Morgan fingerprint density at radius 2 is 1.64 bits per heavy atom. The lowest BCUT2D eigenvalue weighted by Crippen LogP contribution is -2.45. The van der Waals surface area contributed by atoms with E-state index in [0.29, 0.717) is 0 Å². The molecule has 1 unspecified atom stereocenters. The van der Waals surface area contributed by atoms with Crippen LogP contribution in [0.1, 0.15) is 48.5 Å². The average molecular weight is 315 g/mol. The van der Waals surface area contributed by atoms with Gasteiger partial charge in [-0.1, -0.05) is 0 Å². The summed E-state index contributed by atoms with van der Waals surface area (Å²) in [7, 11) is -0.707. The first kappa shape index (κ1) is 18.8. The van der Waals surface area contributed by atoms with Crippen molar-refractivity contribution in [3.8, 4) is 0 Å². The first-order valence-electron chi connectivity index (χ1n) is 7.31. The number of hydrogen-bond donors (Lipinski definition) is 2. The second-order valence-corrected chi connectivity index (χ2v) is 7.46. The molecule has 0 aromatic carbocycles. The number of aliphatic carboxylic acids is 1. The summed E-state index contributed by atoms with van der Waals surface area (Å²) >= 11 is 0. The monoisotopic (exact) mass is 315 g/mol. The second-order valence-electron chi connectivity index (χ2n) is 7.46. The third-order valence-corrected chi connectivity index (χ3v) is 3.72. The minimum Gasteiger partial charge on any atom is -0.480 e. The van der Waals surface area contributed by atoms with Crippen LogP contribution in [0.5, 0.6) is 0 Å². The van der Waals surface area contributed by atoms with Crippen LogP contribution in [0.3, 0.4) is 0 Å². The van der Waals surface area contributed by atoms with E-state index in [4.69, 9.17) is 14.0 Å². The quantitative estimate of drug-likeness (QED) is 0.771. The van der Waals surface area contributed by atoms with Crippen LogP contribution in [0.25, 0.3) is 0 Å². The number of nitrogens with one attached hydrogen (secondary N) is 1. The molecule has 0 aromatic rings. The van der Waals surface area contributed by atoms with Crippen LogP contribution < -0.4 is 5.32 Å². The van der Waals surface area contributed by atoms with Gasteiger partial charge in [-0.2, -0.15) is 0 Å². The van der Waals surface area contributed by atoms with Crippen LogP contribution in [-0.2, 0) is 18.8 Å². The van der Waals surface area contributed by atoms with Crippen molar-refractivity contribution in [2.75, 3.05) is 0 Å². The zero-order chi connectivity index (χ0) is 17.3. The number of ether oxygens (including phenoxy) is 1. The van der Waals surface area contributed by atoms with Crippen molar-refractivity contribution in [1.29, 1.82) is 0 Å². The van der Waals surface area contributed by atoms with Crippen molar-refractivity contribution in [1.82, 2.24) is 5.32 Å². The number of alkyl carbamates (subject to hydrolysis) is 1. The van der Waals surface area contributed by atoms with Crippen LogP contribution in [-0.4, -0.2) is 47.1 Å². The molecule has 2 N–H and O–H groups in total. The molecule has 1 atom stereocenters. The van der Waals surface area contributed by atoms with E-state index in [1.54, 1.807) is 20.8 Å². The highest BCUT2D eigenvalue weighted by Gasteiger charge is 2.52. The van der Waals surface area contributed by atoms with Crippen molar-refractivity contribution in [3.05, 3.63) is 0 Å². The molecule has 1 aliphatic heterocycles. The van der Waals surface area contributed by atoms with Gasteiger partial charge in [-0.05, 0) is 48.5 Å². The number of carbonyl (C=O) groups is 2. The van der Waals surface area contributed by atoms with Crippen LogP contribution in [0, 0.1) is 0 Å². The maximum Gasteiger partial charge on any atom is 0.460 e. The van der Waals surface area contributed by atoms with Crippen molar-refractivity contribution < 1.29 is 28.7 Å². The molecule has 1 rings (SSSR count). The summed E-state index contributed by atoms with van der Waals surface area (Å²) in [6, 6.07) is -1.15. The Bertz CT molecular complexity index is 427. The molecule has 0 spiro atoms. The van der Waals surface area contributed by atoms with E-state index >= 15 is 0 Å². The number of carbonyl (C=O) groups excluding carboxylic acids is 1. The molecule has 1 heterocycles. The van der Waals surface area contributed by atoms with E-state index in [9.17, 15) is 14.7 Å². The molecule has 8 heteroatoms. The summed E-state index contributed by atoms with van der Waals surface area (Å²) in [6.45, 7) is 12.6. The molecule has 1 saturated heterocycles. The summed E-state index contributed by atoms with van der Waals surface area (Å²) in [5.74, 6) is -1.17. The summed E-state index contributed by atoms with van der Waals surface area (Å²) in [6.07, 6.45) is -0.780. The first-order valence-corrected chi connectivity index (χ1v) is 7.31. The fourth-order valence-electron chi connectivity index (χ4n) is 1.93. The molecule has 1 aliphatic rings. The molecule has 0 aromatic heterocycles. The van der Waals surface area contributed by atoms with E-state index < -0.39 is 42.0 Å². The van der Waals surface area contributed by atoms with E-state index in [0.717, 1.165) is 0 Å². The highest BCUT2D eigenvalue weighted by molar-refractivity contribution is 6.46. The predicted molar refractivity (Wildman–Crippen MR) is 81.7 cm³/mol. The van der Waals surface area contributed by atoms with Gasteiger partial charge in [-0.15, -0.1) is 0 Å². The smallest absolute Gasteiger partial charge is 0.460 e. The summed E-state index contributed by atoms with van der Waals surface area (Å²) in [5, 5.41) is 11.6. The molecule has 0 bridgehead atoms. The molecule has 1 amide bonds. The topological polar surface area (TPSA) is 94.1 Å². The Kier molecular flexibility index (Phi) is 5.19. The zero-order valence-corrected chi connectivity index (χ0v) is 14.4. The highest BCUT2D eigenvalue weighted by Crippen LogP contribution is 2.37. The second kappa shape index (κ2) is 6.08. The molecule has 7 nitrogen and oxygen atoms in total. The Hall–Kier alpha value is -1.28. The van der Waals surface area contributed by atoms with Crippen LogP contribution >= 0.6 is 0 Å². The van der Waals surface area contributed by atoms with Gasteiger partial charge in [0.15, 0.2) is 0 Å². The van der Waals surface area contributed by atoms with Gasteiger partial charge in [-0.3, -0.25) is 4.79 Å². The Balaban J connectivity index is 2.67. The van der Waals surface area contributed by atoms with E-state index in [-0.39, 0.29) is 6.32 Å². The molecule has 0 saturated carbocycles. The van der Waals surface area contributed by atoms with Gasteiger partial charge in [0.05, 0.1) is 11.2 Å². The van der Waals surface area contributed by atoms with Gasteiger partial charge >= 0.3 is 19.2 Å². The molecular formula is C14H26BNO6. The molecule has 0 radical (unpaired) electrons. The highest BCUT2D eigenvalue weighted by atomic mass is 16.7. The van der Waals surface area contributed by atoms with Crippen LogP contribution in [0.2, 0.25) is 6.32 Å². The van der Waals surface area contributed by atoms with Gasteiger partial charge in [0, 0.05) is 6.32 Å². The maximum atomic E-state index is 11.7. The van der Waals surface area contributed by atoms with E-state index in [2.05, 4.69) is 5.32 Å². The summed E-state index contributed by atoms with van der Waals surface area (Å²) in [4.78, 5) is 23.1. The SMILES string of the molecule is CC(C)(C)OC(=O)NC(CB1OC(C)(C)C(C)(C)O1)C(=O)O. The number of carboxylic acid groups (broad SMARTS) is 1. The largest absolute Gasteiger partial charge is 0.480 e. The zero-order valence-electron chi connectivity index (χ0n) is 14.4. The van der Waals surface area contributed by atoms with Crippen molar-refractivity contribution in [3.63, 3.8) is 0 Å². The van der Waals surface area contributed by atoms with Gasteiger partial charge in [0.25, 0.3) is 0 Å². The number of hydrogen-bond acceptors (Lipinski definition) is 5. The van der Waals surface area contributed by atoms with Crippen molar-refractivity contribution in [2.24, 2.45) is 0 Å². The molecular weight excluding hydrogens is 289 g/mol. The fraction of sp³-hybridized carbons (Fsp3) is 0.857. The lowest BCUT2D eigenvalue weighted by molar-refractivity contribution is -0.139. The standard InChI is InChI=1S/C14H26BNO6/c1-12(2,3)20-11(19)16-9(10(17)18)8-15-21-13(4,5)14(6,7)22-15/h9H,8H2,1-7H3,(H,16,19)(H,17,18). The fourth-order valence-corrected chi connectivity index (χ4v) is 1.93. The minimum absolute atomic E-state index is 0.00142. The number of rotatable bonds is 4. The van der Waals surface area contributed by atoms with Crippen LogP contribution in [0.15, 0.2) is 0 Å². The maximum absolute atomic E-state index is 11.7. The molecule has 22 heavy (non-hydrogen) atoms. The first-order chi connectivity index (χ1) is 9.73. The minimum atomic E-state index is -1.17. The van der Waals surface area contributed by atoms with E-state index in [1.807, 2.05) is 27.7 Å². The lowest BCUT2D eigenvalue weighted by atomic mass is 9.80. The Morgan fingerprint density at radius 3 is 2.00 bits per heavy atom. The van der Waals surface area contributed by atoms with Gasteiger partial charge in [0.2, 0.25) is 0 Å². The number of carboxylic acids is 1. The van der Waals surface area contributed by atoms with Gasteiger partial charge < -0.3 is 24.5 Å². The van der Waals surface area contributed by atoms with Crippen molar-refractivity contribution >= 4 is 19.2 Å². The van der Waals surface area contributed by atoms with Crippen molar-refractivity contribution in [2.45, 2.75) is 77.6 Å². The number of amides is 1. The summed E-state index contributed by atoms with van der Waals surface area (Å²) < 4.78 is 16.6. The Morgan fingerprint density at radius 1 is 1.18 bits per heavy atom. The molecule has 1 fully saturated rings. The van der Waals surface area contributed by atoms with Gasteiger partial charge in [-0.25, -0.2) is 4.79 Å². The lowest BCUT2D eigenvalue weighted by Gasteiger charge is -2.32. The normalized spacial score (nSPS) is 21.3. The molecule has 0 aliphatic carbocycles.